The summed E-state index contributed by atoms with van der Waals surface area (Å²) in [6, 6.07) is 20.0. The summed E-state index contributed by atoms with van der Waals surface area (Å²) in [5.74, 6) is 7.99. The van der Waals surface area contributed by atoms with Crippen molar-refractivity contribution in [3.63, 3.8) is 0 Å². The van der Waals surface area contributed by atoms with Gasteiger partial charge < -0.3 is 15.8 Å². The minimum absolute atomic E-state index is 0.194. The summed E-state index contributed by atoms with van der Waals surface area (Å²) in [6.45, 7) is 7.26. The highest BCUT2D eigenvalue weighted by molar-refractivity contribution is 5.88. The van der Waals surface area contributed by atoms with E-state index in [2.05, 4.69) is 38.8 Å². The number of carbonyl (C=O) groups excluding carboxylic acids is 1. The molecule has 3 heterocycles. The third-order valence-electron chi connectivity index (χ3n) is 6.72. The molecule has 10 nitrogen and oxygen atoms in total. The van der Waals surface area contributed by atoms with Crippen molar-refractivity contribution < 1.29 is 9.53 Å². The van der Waals surface area contributed by atoms with Crippen LogP contribution in [-0.4, -0.2) is 39.1 Å². The van der Waals surface area contributed by atoms with Crippen molar-refractivity contribution in [1.29, 1.82) is 0 Å². The highest BCUT2D eigenvalue weighted by Crippen LogP contribution is 2.23. The van der Waals surface area contributed by atoms with Gasteiger partial charge in [-0.05, 0) is 49.6 Å². The average molecular weight is 588 g/mol. The first kappa shape index (κ1) is 31.0. The Morgan fingerprint density at radius 3 is 2.55 bits per heavy atom. The van der Waals surface area contributed by atoms with Crippen LogP contribution in [0.5, 0.6) is 5.88 Å². The molecule has 0 saturated carbocycles. The van der Waals surface area contributed by atoms with Crippen LogP contribution < -0.4 is 21.3 Å². The summed E-state index contributed by atoms with van der Waals surface area (Å²) in [6.07, 6.45) is 5.49. The van der Waals surface area contributed by atoms with Gasteiger partial charge in [0.1, 0.15) is 0 Å². The van der Waals surface area contributed by atoms with Crippen LogP contribution in [0.25, 0.3) is 16.5 Å². The molecule has 0 spiro atoms. The lowest BCUT2D eigenvalue weighted by atomic mass is 10.0. The van der Waals surface area contributed by atoms with Crippen molar-refractivity contribution in [2.24, 2.45) is 12.0 Å². The monoisotopic (exact) mass is 587 g/mol. The number of amides is 1. The van der Waals surface area contributed by atoms with Crippen LogP contribution >= 0.6 is 0 Å². The maximum absolute atomic E-state index is 13.7. The third-order valence-corrected chi connectivity index (χ3v) is 6.72. The highest BCUT2D eigenvalue weighted by Gasteiger charge is 2.17. The van der Waals surface area contributed by atoms with Crippen LogP contribution in [0.1, 0.15) is 35.3 Å². The fourth-order valence-corrected chi connectivity index (χ4v) is 4.52. The number of para-hydroxylation sites is 1. The molecule has 0 aliphatic carbocycles. The molecule has 2 aromatic carbocycles. The van der Waals surface area contributed by atoms with E-state index in [1.807, 2.05) is 68.4 Å². The lowest BCUT2D eigenvalue weighted by Crippen LogP contribution is -2.28. The quantitative estimate of drug-likeness (QED) is 0.160. The summed E-state index contributed by atoms with van der Waals surface area (Å²) < 4.78 is 8.43. The second-order valence-corrected chi connectivity index (χ2v) is 9.63. The summed E-state index contributed by atoms with van der Waals surface area (Å²) in [5, 5.41) is 8.04. The Bertz CT molecular complexity index is 1950. The second kappa shape index (κ2) is 14.3. The number of nitrogen functional groups attached to an aromatic ring is 1. The summed E-state index contributed by atoms with van der Waals surface area (Å²) in [4.78, 5) is 33.0. The largest absolute Gasteiger partial charge is 0.481 e. The normalized spacial score (nSPS) is 11.2. The van der Waals surface area contributed by atoms with E-state index in [1.165, 1.54) is 0 Å². The second-order valence-electron chi connectivity index (χ2n) is 9.63. The number of hydrogen-bond acceptors (Lipinski definition) is 7. The van der Waals surface area contributed by atoms with E-state index in [9.17, 15) is 9.59 Å². The van der Waals surface area contributed by atoms with Gasteiger partial charge in [0, 0.05) is 53.6 Å². The number of nitrogens with zero attached hydrogens (tertiary/aromatic N) is 5. The fourth-order valence-electron chi connectivity index (χ4n) is 4.52. The van der Waals surface area contributed by atoms with Gasteiger partial charge in [0.25, 0.3) is 5.56 Å². The Balaban J connectivity index is 0.000000309. The predicted octanol–water partition coefficient (Wildman–Crippen LogP) is 4.80. The Morgan fingerprint density at radius 1 is 1.11 bits per heavy atom. The van der Waals surface area contributed by atoms with Gasteiger partial charge in [0.15, 0.2) is 11.6 Å². The molecule has 0 bridgehead atoms. The third kappa shape index (κ3) is 6.91. The van der Waals surface area contributed by atoms with E-state index < -0.39 is 0 Å². The van der Waals surface area contributed by atoms with Gasteiger partial charge in [-0.1, -0.05) is 54.8 Å². The van der Waals surface area contributed by atoms with E-state index in [0.717, 1.165) is 28.0 Å². The van der Waals surface area contributed by atoms with E-state index in [-0.39, 0.29) is 11.6 Å². The van der Waals surface area contributed by atoms with Gasteiger partial charge in [0.05, 0.1) is 18.5 Å². The molecular formula is C34H33N7O3. The summed E-state index contributed by atoms with van der Waals surface area (Å²) >= 11 is 0. The van der Waals surface area contributed by atoms with Gasteiger partial charge >= 0.3 is 0 Å². The number of aromatic nitrogens is 4. The van der Waals surface area contributed by atoms with Crippen LogP contribution in [-0.2, 0) is 11.8 Å². The van der Waals surface area contributed by atoms with E-state index in [1.54, 1.807) is 54.0 Å². The molecule has 5 rings (SSSR count). The first-order valence-electron chi connectivity index (χ1n) is 13.7. The van der Waals surface area contributed by atoms with Crippen LogP contribution in [0.15, 0.2) is 95.4 Å². The average Bonchev–Trinajstić information content (AvgIpc) is 3.28. The molecule has 3 aromatic heterocycles. The Labute approximate surface area is 255 Å². The van der Waals surface area contributed by atoms with Crippen molar-refractivity contribution in [2.45, 2.75) is 19.9 Å². The van der Waals surface area contributed by atoms with Crippen molar-refractivity contribution in [3.8, 4) is 23.4 Å². The van der Waals surface area contributed by atoms with Crippen molar-refractivity contribution >= 4 is 35.0 Å². The molecule has 3 N–H and O–H groups in total. The van der Waals surface area contributed by atoms with Crippen LogP contribution in [0.2, 0.25) is 0 Å². The molecule has 0 fully saturated rings. The molecule has 1 amide bonds. The molecular weight excluding hydrogens is 554 g/mol. The van der Waals surface area contributed by atoms with E-state index in [4.69, 9.17) is 10.5 Å². The fraction of sp³-hybridized carbons (Fsp3) is 0.147. The molecule has 44 heavy (non-hydrogen) atoms. The highest BCUT2D eigenvalue weighted by atomic mass is 16.5. The number of ether oxygens (including phenoxy) is 1. The molecule has 0 saturated heterocycles. The van der Waals surface area contributed by atoms with Crippen LogP contribution in [0.4, 0.5) is 11.6 Å². The number of nitrogens with two attached hydrogens (primary N) is 1. The number of benzene rings is 2. The number of anilines is 1. The van der Waals surface area contributed by atoms with Gasteiger partial charge in [-0.2, -0.15) is 5.10 Å². The van der Waals surface area contributed by atoms with Crippen LogP contribution in [0, 0.1) is 18.8 Å². The van der Waals surface area contributed by atoms with Crippen molar-refractivity contribution in [2.75, 3.05) is 12.8 Å². The van der Waals surface area contributed by atoms with Crippen LogP contribution in [0.3, 0.4) is 0 Å². The zero-order valence-electron chi connectivity index (χ0n) is 25.0. The summed E-state index contributed by atoms with van der Waals surface area (Å²) in [7, 11) is 3.35. The van der Waals surface area contributed by atoms with E-state index in [0.29, 0.717) is 34.8 Å². The lowest BCUT2D eigenvalue weighted by Gasteiger charge is -2.19. The number of methoxy groups -OCH3 is 1. The van der Waals surface area contributed by atoms with Crippen molar-refractivity contribution in [1.82, 2.24) is 24.6 Å². The van der Waals surface area contributed by atoms with E-state index >= 15 is 0 Å². The maximum atomic E-state index is 13.7. The molecule has 0 aliphatic heterocycles. The molecule has 10 heteroatoms. The molecule has 222 valence electrons. The standard InChI is InChI=1S/C26H21N3O3.C8H12N4/c1-18(28-17-30)23-16-21-8-6-7-20(12-11-19-13-14-27-24(15-19)32-2)25(21)26(31)29(23)22-9-4-3-5-10-22;1-4-5-10-8-6(2)7(9)11-12(8)3/h3-10,13-18H,1-2H3,(H,28,30);4-5H,1H2,2-3H3,(H2,9,11)/b;10-5-. The zero-order chi connectivity index (χ0) is 31.6. The maximum Gasteiger partial charge on any atom is 0.264 e. The Kier molecular flexibility index (Phi) is 10.1. The lowest BCUT2D eigenvalue weighted by molar-refractivity contribution is -0.110. The molecule has 1 unspecified atom stereocenters. The first-order valence-corrected chi connectivity index (χ1v) is 13.7. The number of hydrogen-bond donors (Lipinski definition) is 2. The van der Waals surface area contributed by atoms with Crippen molar-refractivity contribution in [3.05, 3.63) is 118 Å². The van der Waals surface area contributed by atoms with Gasteiger partial charge in [-0.15, -0.1) is 0 Å². The SMILES string of the molecule is C=C/C=N\c1c(C)c(N)nn1C.COc1cc(C#Cc2cccc3cc(C(C)NC=O)n(-c4ccccc4)c(=O)c23)ccn1. The molecule has 5 aromatic rings. The number of pyridine rings is 2. The van der Waals surface area contributed by atoms with Gasteiger partial charge in [-0.25, -0.2) is 14.7 Å². The predicted molar refractivity (Wildman–Crippen MR) is 175 cm³/mol. The molecule has 0 radical (unpaired) electrons. The molecule has 1 atom stereocenters. The number of fused-ring (bicyclic) bond motifs is 1. The Morgan fingerprint density at radius 2 is 1.89 bits per heavy atom. The number of aryl methyl sites for hydroxylation is 1. The van der Waals surface area contributed by atoms with Gasteiger partial charge in [-0.3, -0.25) is 14.2 Å². The number of aliphatic imine (C=N–C) groups is 1. The first-order chi connectivity index (χ1) is 21.3. The minimum atomic E-state index is -0.358. The smallest absolute Gasteiger partial charge is 0.264 e. The minimum Gasteiger partial charge on any atom is -0.481 e. The number of nitrogens with one attached hydrogen (secondary N) is 1. The molecule has 0 aliphatic rings. The zero-order valence-corrected chi connectivity index (χ0v) is 25.0. The van der Waals surface area contributed by atoms with Gasteiger partial charge in [0.2, 0.25) is 12.3 Å². The number of carbonyl (C=O) groups is 1. The topological polar surface area (TPSA) is 129 Å². The number of rotatable bonds is 7. The number of allylic oxidation sites excluding steroid dienone is 1. The Hall–Kier alpha value is -5.95. The summed E-state index contributed by atoms with van der Waals surface area (Å²) in [5.41, 5.74) is 9.04.